The molecule has 1 atom stereocenters. The van der Waals surface area contributed by atoms with Crippen LogP contribution in [0.4, 0.5) is 0 Å². The number of nitrogens with zero attached hydrogens (tertiary/aromatic N) is 4. The second-order valence-electron chi connectivity index (χ2n) is 4.96. The van der Waals surface area contributed by atoms with E-state index in [1.54, 1.807) is 43.1 Å². The Morgan fingerprint density at radius 1 is 1.15 bits per heavy atom. The van der Waals surface area contributed by atoms with E-state index in [2.05, 4.69) is 15.0 Å². The minimum absolute atomic E-state index is 0.0704. The van der Waals surface area contributed by atoms with Crippen molar-refractivity contribution in [3.8, 4) is 0 Å². The molecule has 5 nitrogen and oxygen atoms in total. The Balaban J connectivity index is 1.74. The van der Waals surface area contributed by atoms with E-state index in [1.807, 2.05) is 4.90 Å². The molecule has 0 unspecified atom stereocenters. The molecule has 0 bridgehead atoms. The van der Waals surface area contributed by atoms with Crippen LogP contribution in [0.1, 0.15) is 34.8 Å². The molecule has 2 aromatic heterocycles. The van der Waals surface area contributed by atoms with E-state index >= 15 is 0 Å². The van der Waals surface area contributed by atoms with Crippen molar-refractivity contribution in [3.05, 3.63) is 54.4 Å². The summed E-state index contributed by atoms with van der Waals surface area (Å²) >= 11 is 0. The highest BCUT2D eigenvalue weighted by Crippen LogP contribution is 2.25. The third kappa shape index (κ3) is 2.66. The molecule has 1 aliphatic heterocycles. The van der Waals surface area contributed by atoms with Crippen molar-refractivity contribution in [2.45, 2.75) is 18.8 Å². The van der Waals surface area contributed by atoms with Gasteiger partial charge < -0.3 is 4.90 Å². The number of likely N-dealkylation sites (tertiary alicyclic amines) is 1. The van der Waals surface area contributed by atoms with E-state index in [9.17, 15) is 4.79 Å². The van der Waals surface area contributed by atoms with E-state index in [4.69, 9.17) is 0 Å². The van der Waals surface area contributed by atoms with Gasteiger partial charge in [-0.25, -0.2) is 0 Å². The van der Waals surface area contributed by atoms with Gasteiger partial charge in [0.25, 0.3) is 5.91 Å². The minimum atomic E-state index is 0.0704. The van der Waals surface area contributed by atoms with Crippen LogP contribution in [-0.2, 0) is 0 Å². The smallest absolute Gasteiger partial charge is 0.253 e. The van der Waals surface area contributed by atoms with Gasteiger partial charge in [0.2, 0.25) is 0 Å². The lowest BCUT2D eigenvalue weighted by Crippen LogP contribution is -2.39. The van der Waals surface area contributed by atoms with Gasteiger partial charge in [-0.05, 0) is 25.0 Å². The fourth-order valence-corrected chi connectivity index (χ4v) is 2.60. The van der Waals surface area contributed by atoms with E-state index in [1.165, 1.54) is 0 Å². The number of pyridine rings is 1. The summed E-state index contributed by atoms with van der Waals surface area (Å²) in [5.41, 5.74) is 1.67. The third-order valence-corrected chi connectivity index (χ3v) is 3.64. The normalized spacial score (nSPS) is 18.8. The van der Waals surface area contributed by atoms with Crippen LogP contribution in [0.15, 0.2) is 43.1 Å². The number of carbonyl (C=O) groups excluding carboxylic acids is 1. The fraction of sp³-hybridized carbons (Fsp3) is 0.333. The van der Waals surface area contributed by atoms with E-state index in [-0.39, 0.29) is 11.8 Å². The molecule has 1 saturated heterocycles. The second-order valence-corrected chi connectivity index (χ2v) is 4.96. The molecule has 3 heterocycles. The molecular formula is C15H16N4O. The maximum absolute atomic E-state index is 12.4. The molecule has 1 amide bonds. The molecule has 0 radical (unpaired) electrons. The Morgan fingerprint density at radius 2 is 2.00 bits per heavy atom. The van der Waals surface area contributed by atoms with Crippen LogP contribution in [0, 0.1) is 0 Å². The van der Waals surface area contributed by atoms with Gasteiger partial charge in [0.15, 0.2) is 0 Å². The monoisotopic (exact) mass is 268 g/mol. The summed E-state index contributed by atoms with van der Waals surface area (Å²) in [6.07, 6.45) is 10.5. The molecule has 0 N–H and O–H groups in total. The van der Waals surface area contributed by atoms with Crippen LogP contribution in [-0.4, -0.2) is 38.8 Å². The molecule has 102 valence electrons. The molecule has 2 aromatic rings. The van der Waals surface area contributed by atoms with E-state index in [0.717, 1.165) is 25.1 Å². The van der Waals surface area contributed by atoms with Gasteiger partial charge in [0, 0.05) is 55.6 Å². The standard InChI is InChI=1S/C15H16N4O/c20-15(12-3-5-16-6-4-12)19-9-1-2-13(11-19)14-10-17-7-8-18-14/h3-8,10,13H,1-2,9,11H2/t13-/m0/s1. The SMILES string of the molecule is O=C(c1ccncc1)N1CCC[C@H](c2cnccn2)C1. The van der Waals surface area contributed by atoms with Gasteiger partial charge in [0.05, 0.1) is 5.69 Å². The van der Waals surface area contributed by atoms with Crippen molar-refractivity contribution in [2.75, 3.05) is 13.1 Å². The molecule has 1 fully saturated rings. The zero-order chi connectivity index (χ0) is 13.8. The topological polar surface area (TPSA) is 59.0 Å². The van der Waals surface area contributed by atoms with Crippen molar-refractivity contribution in [1.82, 2.24) is 19.9 Å². The molecule has 1 aliphatic rings. The molecule has 3 rings (SSSR count). The molecule has 0 saturated carbocycles. The van der Waals surface area contributed by atoms with Crippen molar-refractivity contribution in [2.24, 2.45) is 0 Å². The molecule has 0 spiro atoms. The molecular weight excluding hydrogens is 252 g/mol. The predicted molar refractivity (Wildman–Crippen MR) is 74.1 cm³/mol. The summed E-state index contributed by atoms with van der Waals surface area (Å²) in [5.74, 6) is 0.351. The Bertz CT molecular complexity index is 573. The van der Waals surface area contributed by atoms with Gasteiger partial charge in [-0.1, -0.05) is 0 Å². The zero-order valence-electron chi connectivity index (χ0n) is 11.1. The number of rotatable bonds is 2. The first-order valence-electron chi connectivity index (χ1n) is 6.80. The molecule has 20 heavy (non-hydrogen) atoms. The predicted octanol–water partition coefficient (Wildman–Crippen LogP) is 1.89. The Hall–Kier alpha value is -2.30. The van der Waals surface area contributed by atoms with Gasteiger partial charge in [-0.15, -0.1) is 0 Å². The number of carbonyl (C=O) groups is 1. The highest BCUT2D eigenvalue weighted by Gasteiger charge is 2.26. The van der Waals surface area contributed by atoms with Gasteiger partial charge >= 0.3 is 0 Å². The van der Waals surface area contributed by atoms with Crippen molar-refractivity contribution < 1.29 is 4.79 Å². The first-order valence-corrected chi connectivity index (χ1v) is 6.80. The van der Waals surface area contributed by atoms with Crippen LogP contribution in [0.25, 0.3) is 0 Å². The Labute approximate surface area is 117 Å². The number of amides is 1. The Kier molecular flexibility index (Phi) is 3.67. The van der Waals surface area contributed by atoms with Gasteiger partial charge in [-0.3, -0.25) is 19.7 Å². The number of aromatic nitrogens is 3. The fourth-order valence-electron chi connectivity index (χ4n) is 2.60. The maximum atomic E-state index is 12.4. The van der Waals surface area contributed by atoms with E-state index in [0.29, 0.717) is 12.1 Å². The van der Waals surface area contributed by atoms with Crippen molar-refractivity contribution in [3.63, 3.8) is 0 Å². The summed E-state index contributed by atoms with van der Waals surface area (Å²) in [5, 5.41) is 0. The lowest BCUT2D eigenvalue weighted by molar-refractivity contribution is 0.0705. The number of hydrogen-bond donors (Lipinski definition) is 0. The van der Waals surface area contributed by atoms with Crippen molar-refractivity contribution in [1.29, 1.82) is 0 Å². The zero-order valence-corrected chi connectivity index (χ0v) is 11.1. The first-order chi connectivity index (χ1) is 9.84. The lowest BCUT2D eigenvalue weighted by atomic mass is 9.94. The largest absolute Gasteiger partial charge is 0.338 e. The van der Waals surface area contributed by atoms with Crippen LogP contribution in [0.3, 0.4) is 0 Å². The highest BCUT2D eigenvalue weighted by atomic mass is 16.2. The minimum Gasteiger partial charge on any atom is -0.338 e. The average molecular weight is 268 g/mol. The quantitative estimate of drug-likeness (QED) is 0.834. The van der Waals surface area contributed by atoms with Gasteiger partial charge in [0.1, 0.15) is 0 Å². The number of piperidine rings is 1. The van der Waals surface area contributed by atoms with Crippen LogP contribution >= 0.6 is 0 Å². The third-order valence-electron chi connectivity index (χ3n) is 3.64. The second kappa shape index (κ2) is 5.77. The lowest BCUT2D eigenvalue weighted by Gasteiger charge is -2.32. The van der Waals surface area contributed by atoms with Gasteiger partial charge in [-0.2, -0.15) is 0 Å². The van der Waals surface area contributed by atoms with Crippen molar-refractivity contribution >= 4 is 5.91 Å². The number of hydrogen-bond acceptors (Lipinski definition) is 4. The molecule has 0 aromatic carbocycles. The summed E-state index contributed by atoms with van der Waals surface area (Å²) in [4.78, 5) is 26.8. The van der Waals surface area contributed by atoms with Crippen LogP contribution in [0.2, 0.25) is 0 Å². The van der Waals surface area contributed by atoms with Crippen LogP contribution in [0.5, 0.6) is 0 Å². The first kappa shape index (κ1) is 12.7. The molecule has 5 heteroatoms. The van der Waals surface area contributed by atoms with Crippen LogP contribution < -0.4 is 0 Å². The Morgan fingerprint density at radius 3 is 2.75 bits per heavy atom. The summed E-state index contributed by atoms with van der Waals surface area (Å²) in [7, 11) is 0. The summed E-state index contributed by atoms with van der Waals surface area (Å²) < 4.78 is 0. The van der Waals surface area contributed by atoms with E-state index < -0.39 is 0 Å². The summed E-state index contributed by atoms with van der Waals surface area (Å²) in [6, 6.07) is 3.52. The molecule has 0 aliphatic carbocycles. The maximum Gasteiger partial charge on any atom is 0.253 e. The highest BCUT2D eigenvalue weighted by molar-refractivity contribution is 5.94. The average Bonchev–Trinajstić information content (AvgIpc) is 2.56. The summed E-state index contributed by atoms with van der Waals surface area (Å²) in [6.45, 7) is 1.51.